The van der Waals surface area contributed by atoms with E-state index >= 15 is 0 Å². The van der Waals surface area contributed by atoms with Crippen molar-refractivity contribution < 1.29 is 17.6 Å². The van der Waals surface area contributed by atoms with Gasteiger partial charge in [0.2, 0.25) is 0 Å². The maximum Gasteiger partial charge on any atom is 0.134 e. The minimum absolute atomic E-state index is 0.122. The van der Waals surface area contributed by atoms with E-state index in [1.165, 1.54) is 63.5 Å². The summed E-state index contributed by atoms with van der Waals surface area (Å²) in [5.74, 6) is -1.50. The van der Waals surface area contributed by atoms with E-state index in [9.17, 15) is 17.6 Å². The lowest BCUT2D eigenvalue weighted by molar-refractivity contribution is 0.204. The third-order valence-electron chi connectivity index (χ3n) is 6.72. The summed E-state index contributed by atoms with van der Waals surface area (Å²) in [5, 5.41) is 0. The van der Waals surface area contributed by atoms with Crippen LogP contribution in [0.5, 0.6) is 0 Å². The molecule has 1 atom stereocenters. The van der Waals surface area contributed by atoms with E-state index in [0.29, 0.717) is 29.9 Å². The van der Waals surface area contributed by atoms with Crippen LogP contribution in [0.3, 0.4) is 0 Å². The van der Waals surface area contributed by atoms with E-state index < -0.39 is 23.3 Å². The molecule has 0 saturated heterocycles. The molecule has 2 aromatic rings. The van der Waals surface area contributed by atoms with Gasteiger partial charge >= 0.3 is 0 Å². The molecule has 1 unspecified atom stereocenters. The SMILES string of the molecule is CCCCCC1CCC(C(C)Cc2cc(F)c(-c3cc(F)cc(F)c3)c(F)c2)CC1. The molecule has 0 N–H and O–H groups in total. The van der Waals surface area contributed by atoms with Crippen LogP contribution < -0.4 is 0 Å². The number of unbranched alkanes of at least 4 members (excludes halogenated alkanes) is 2. The van der Waals surface area contributed by atoms with E-state index in [1.54, 1.807) is 0 Å². The second-order valence-electron chi connectivity index (χ2n) is 9.05. The Bertz CT molecular complexity index is 794. The molecular formula is C26H32F4. The topological polar surface area (TPSA) is 0 Å². The summed E-state index contributed by atoms with van der Waals surface area (Å²) in [6.45, 7) is 4.39. The molecule has 30 heavy (non-hydrogen) atoms. The number of rotatable bonds is 8. The van der Waals surface area contributed by atoms with Gasteiger partial charge in [-0.25, -0.2) is 17.6 Å². The van der Waals surface area contributed by atoms with Crippen LogP contribution in [0.15, 0.2) is 30.3 Å². The van der Waals surface area contributed by atoms with Gasteiger partial charge in [-0.2, -0.15) is 0 Å². The maximum absolute atomic E-state index is 14.7. The van der Waals surface area contributed by atoms with Crippen molar-refractivity contribution in [2.24, 2.45) is 17.8 Å². The van der Waals surface area contributed by atoms with Gasteiger partial charge in [-0.1, -0.05) is 52.4 Å². The third kappa shape index (κ3) is 5.86. The fourth-order valence-electron chi connectivity index (χ4n) is 4.98. The Hall–Kier alpha value is -1.84. The van der Waals surface area contributed by atoms with E-state index in [4.69, 9.17) is 0 Å². The lowest BCUT2D eigenvalue weighted by Gasteiger charge is -2.32. The summed E-state index contributed by atoms with van der Waals surface area (Å²) in [6, 6.07) is 5.22. The average molecular weight is 421 g/mol. The highest BCUT2D eigenvalue weighted by molar-refractivity contribution is 5.65. The van der Waals surface area contributed by atoms with Crippen LogP contribution in [0.2, 0.25) is 0 Å². The van der Waals surface area contributed by atoms with Gasteiger partial charge in [0.15, 0.2) is 0 Å². The summed E-state index contributed by atoms with van der Waals surface area (Å²) in [6.07, 6.45) is 10.7. The Morgan fingerprint density at radius 2 is 1.43 bits per heavy atom. The molecular weight excluding hydrogens is 388 g/mol. The first kappa shape index (κ1) is 22.8. The smallest absolute Gasteiger partial charge is 0.134 e. The highest BCUT2D eigenvalue weighted by atomic mass is 19.1. The molecule has 1 aliphatic rings. The van der Waals surface area contributed by atoms with Crippen LogP contribution in [-0.2, 0) is 6.42 Å². The molecule has 0 amide bonds. The van der Waals surface area contributed by atoms with Crippen molar-refractivity contribution in [1.82, 2.24) is 0 Å². The van der Waals surface area contributed by atoms with Gasteiger partial charge in [0.1, 0.15) is 23.3 Å². The molecule has 0 aromatic heterocycles. The molecule has 0 aliphatic heterocycles. The van der Waals surface area contributed by atoms with Crippen LogP contribution in [0.1, 0.15) is 70.8 Å². The van der Waals surface area contributed by atoms with Gasteiger partial charge in [0, 0.05) is 6.07 Å². The van der Waals surface area contributed by atoms with Gasteiger partial charge in [0.05, 0.1) is 5.56 Å². The van der Waals surface area contributed by atoms with Gasteiger partial charge in [-0.3, -0.25) is 0 Å². The summed E-state index contributed by atoms with van der Waals surface area (Å²) >= 11 is 0. The zero-order valence-corrected chi connectivity index (χ0v) is 18.0. The van der Waals surface area contributed by atoms with Crippen molar-refractivity contribution in [2.75, 3.05) is 0 Å². The monoisotopic (exact) mass is 420 g/mol. The van der Waals surface area contributed by atoms with Crippen LogP contribution in [-0.4, -0.2) is 0 Å². The highest BCUT2D eigenvalue weighted by Crippen LogP contribution is 2.37. The molecule has 0 heterocycles. The maximum atomic E-state index is 14.7. The minimum Gasteiger partial charge on any atom is -0.207 e. The Kier molecular flexibility index (Phi) is 7.96. The second-order valence-corrected chi connectivity index (χ2v) is 9.05. The molecule has 1 saturated carbocycles. The molecule has 164 valence electrons. The number of hydrogen-bond donors (Lipinski definition) is 0. The van der Waals surface area contributed by atoms with Crippen molar-refractivity contribution in [1.29, 1.82) is 0 Å². The van der Waals surface area contributed by atoms with Gasteiger partial charge < -0.3 is 0 Å². The lowest BCUT2D eigenvalue weighted by Crippen LogP contribution is -2.21. The fraction of sp³-hybridized carbons (Fsp3) is 0.538. The molecule has 3 rings (SSSR count). The Morgan fingerprint density at radius 1 is 0.833 bits per heavy atom. The predicted octanol–water partition coefficient (Wildman–Crippen LogP) is 8.48. The minimum atomic E-state index is -0.855. The van der Waals surface area contributed by atoms with Crippen LogP contribution >= 0.6 is 0 Å². The average Bonchev–Trinajstić information content (AvgIpc) is 2.67. The molecule has 4 heteroatoms. The Labute approximate surface area is 177 Å². The molecule has 1 fully saturated rings. The Morgan fingerprint density at radius 3 is 2.00 bits per heavy atom. The van der Waals surface area contributed by atoms with Crippen molar-refractivity contribution >= 4 is 0 Å². The van der Waals surface area contributed by atoms with E-state index in [1.807, 2.05) is 0 Å². The summed E-state index contributed by atoms with van der Waals surface area (Å²) in [5.41, 5.74) is 0.101. The summed E-state index contributed by atoms with van der Waals surface area (Å²) in [4.78, 5) is 0. The lowest BCUT2D eigenvalue weighted by atomic mass is 9.73. The van der Waals surface area contributed by atoms with Crippen molar-refractivity contribution in [3.8, 4) is 11.1 Å². The van der Waals surface area contributed by atoms with Crippen LogP contribution in [0.25, 0.3) is 11.1 Å². The zero-order chi connectivity index (χ0) is 21.7. The number of halogens is 4. The predicted molar refractivity (Wildman–Crippen MR) is 114 cm³/mol. The molecule has 1 aliphatic carbocycles. The normalized spacial score (nSPS) is 20.3. The van der Waals surface area contributed by atoms with E-state index in [2.05, 4.69) is 13.8 Å². The zero-order valence-electron chi connectivity index (χ0n) is 18.0. The van der Waals surface area contributed by atoms with Gasteiger partial charge in [-0.05, 0) is 72.4 Å². The number of hydrogen-bond acceptors (Lipinski definition) is 0. The summed E-state index contributed by atoms with van der Waals surface area (Å²) in [7, 11) is 0. The van der Waals surface area contributed by atoms with Crippen LogP contribution in [0, 0.1) is 41.0 Å². The first-order valence-electron chi connectivity index (χ1n) is 11.3. The first-order valence-corrected chi connectivity index (χ1v) is 11.3. The van der Waals surface area contributed by atoms with Crippen molar-refractivity contribution in [3.05, 3.63) is 59.2 Å². The quantitative estimate of drug-likeness (QED) is 0.297. The van der Waals surface area contributed by atoms with E-state index in [-0.39, 0.29) is 11.1 Å². The first-order chi connectivity index (χ1) is 14.4. The summed E-state index contributed by atoms with van der Waals surface area (Å²) < 4.78 is 56.3. The van der Waals surface area contributed by atoms with Crippen molar-refractivity contribution in [2.45, 2.75) is 71.6 Å². The molecule has 2 aromatic carbocycles. The van der Waals surface area contributed by atoms with E-state index in [0.717, 1.165) is 18.1 Å². The number of benzene rings is 2. The fourth-order valence-corrected chi connectivity index (χ4v) is 4.98. The third-order valence-corrected chi connectivity index (χ3v) is 6.72. The Balaban J connectivity index is 1.63. The van der Waals surface area contributed by atoms with Crippen molar-refractivity contribution in [3.63, 3.8) is 0 Å². The molecule has 0 nitrogen and oxygen atoms in total. The second kappa shape index (κ2) is 10.5. The standard InChI is InChI=1S/C26H32F4/c1-3-4-5-6-18-7-9-20(10-8-18)17(2)11-19-12-24(29)26(25(30)13-19)21-14-22(27)16-23(28)15-21/h12-18,20H,3-11H2,1-2H3. The molecule has 0 bridgehead atoms. The van der Waals surface area contributed by atoms with Crippen LogP contribution in [0.4, 0.5) is 17.6 Å². The molecule has 0 radical (unpaired) electrons. The molecule has 0 spiro atoms. The van der Waals surface area contributed by atoms with Gasteiger partial charge in [-0.15, -0.1) is 0 Å². The largest absolute Gasteiger partial charge is 0.207 e. The highest BCUT2D eigenvalue weighted by Gasteiger charge is 2.26. The van der Waals surface area contributed by atoms with Gasteiger partial charge in [0.25, 0.3) is 0 Å².